The van der Waals surface area contributed by atoms with Gasteiger partial charge in [0.05, 0.1) is 0 Å². The molecule has 128 valence electrons. The van der Waals surface area contributed by atoms with Crippen LogP contribution in [0.5, 0.6) is 0 Å². The normalized spacial score (nSPS) is 29.2. The summed E-state index contributed by atoms with van der Waals surface area (Å²) in [5.41, 5.74) is 5.98. The van der Waals surface area contributed by atoms with Crippen molar-refractivity contribution in [2.24, 2.45) is 5.73 Å². The number of hydrogen-bond acceptors (Lipinski definition) is 5. The number of piperidine rings is 2. The Balaban J connectivity index is 1.32. The molecule has 0 bridgehead atoms. The van der Waals surface area contributed by atoms with Gasteiger partial charge in [0.1, 0.15) is 0 Å². The highest BCUT2D eigenvalue weighted by Gasteiger charge is 2.27. The summed E-state index contributed by atoms with van der Waals surface area (Å²) in [5.74, 6) is 0. The second-order valence-electron chi connectivity index (χ2n) is 7.20. The number of hydrogen-bond donors (Lipinski definition) is 1. The Kier molecular flexibility index (Phi) is 6.77. The first-order valence-corrected chi connectivity index (χ1v) is 10.0. The van der Waals surface area contributed by atoms with E-state index in [0.717, 1.165) is 6.04 Å². The number of halogens is 1. The van der Waals surface area contributed by atoms with Crippen molar-refractivity contribution in [2.75, 3.05) is 65.4 Å². The van der Waals surface area contributed by atoms with Crippen LogP contribution in [-0.2, 0) is 0 Å². The molecule has 2 N–H and O–H groups in total. The fourth-order valence-corrected chi connectivity index (χ4v) is 4.57. The number of likely N-dealkylation sites (tertiary alicyclic amines) is 1. The molecule has 3 saturated heterocycles. The smallest absolute Gasteiger partial charge is 0.0201 e. The maximum Gasteiger partial charge on any atom is 0.0201 e. The highest BCUT2D eigenvalue weighted by atomic mass is 127. The maximum absolute atomic E-state index is 5.98. The van der Waals surface area contributed by atoms with Crippen molar-refractivity contribution in [3.8, 4) is 0 Å². The van der Waals surface area contributed by atoms with E-state index in [0.29, 0.717) is 6.04 Å². The summed E-state index contributed by atoms with van der Waals surface area (Å²) in [7, 11) is 0. The summed E-state index contributed by atoms with van der Waals surface area (Å²) < 4.78 is 2.44. The Morgan fingerprint density at radius 3 is 1.86 bits per heavy atom. The molecule has 0 radical (unpaired) electrons. The van der Waals surface area contributed by atoms with Gasteiger partial charge in [-0.3, -0.25) is 9.80 Å². The van der Waals surface area contributed by atoms with Crippen LogP contribution in [0.25, 0.3) is 0 Å². The molecule has 6 heteroatoms. The topological polar surface area (TPSA) is 39.0 Å². The summed E-state index contributed by atoms with van der Waals surface area (Å²) in [4.78, 5) is 8.02. The molecule has 0 aromatic heterocycles. The van der Waals surface area contributed by atoms with E-state index in [-0.39, 0.29) is 0 Å². The van der Waals surface area contributed by atoms with E-state index in [1.165, 1.54) is 91.1 Å². The lowest BCUT2D eigenvalue weighted by Gasteiger charge is -2.42. The van der Waals surface area contributed by atoms with Gasteiger partial charge in [-0.15, -0.1) is 0 Å². The molecule has 22 heavy (non-hydrogen) atoms. The van der Waals surface area contributed by atoms with Crippen molar-refractivity contribution in [1.82, 2.24) is 17.8 Å². The van der Waals surface area contributed by atoms with Crippen molar-refractivity contribution in [1.29, 1.82) is 0 Å². The average Bonchev–Trinajstić information content (AvgIpc) is 2.56. The molecule has 3 aliphatic heterocycles. The Bertz CT molecular complexity index is 318. The van der Waals surface area contributed by atoms with Crippen LogP contribution in [0.4, 0.5) is 0 Å². The Labute approximate surface area is 149 Å². The number of nitrogens with two attached hydrogens (primary N) is 1. The van der Waals surface area contributed by atoms with Gasteiger partial charge in [0.15, 0.2) is 0 Å². The zero-order valence-corrected chi connectivity index (χ0v) is 16.0. The molecule has 3 heterocycles. The van der Waals surface area contributed by atoms with E-state index in [4.69, 9.17) is 5.73 Å². The molecule has 0 amide bonds. The third kappa shape index (κ3) is 5.01. The Morgan fingerprint density at radius 1 is 0.727 bits per heavy atom. The van der Waals surface area contributed by atoms with Crippen molar-refractivity contribution in [3.05, 3.63) is 0 Å². The van der Waals surface area contributed by atoms with E-state index >= 15 is 0 Å². The Morgan fingerprint density at radius 2 is 1.27 bits per heavy atom. The molecule has 0 aliphatic carbocycles. The average molecular weight is 421 g/mol. The maximum atomic E-state index is 5.98. The third-order valence-electron chi connectivity index (χ3n) is 5.70. The molecule has 3 rings (SSSR count). The van der Waals surface area contributed by atoms with Crippen LogP contribution in [0.3, 0.4) is 0 Å². The number of piperazine rings is 1. The summed E-state index contributed by atoms with van der Waals surface area (Å²) in [5, 5.41) is 0. The van der Waals surface area contributed by atoms with Gasteiger partial charge in [-0.25, -0.2) is 3.11 Å². The fraction of sp³-hybridized carbons (Fsp3) is 1.00. The van der Waals surface area contributed by atoms with Gasteiger partial charge in [-0.1, -0.05) is 0 Å². The Hall–Kier alpha value is 0.530. The van der Waals surface area contributed by atoms with Crippen LogP contribution in [-0.4, -0.2) is 95.3 Å². The highest BCUT2D eigenvalue weighted by molar-refractivity contribution is 14.1. The second kappa shape index (κ2) is 8.58. The second-order valence-corrected chi connectivity index (χ2v) is 8.56. The van der Waals surface area contributed by atoms with Gasteiger partial charge in [0.25, 0.3) is 0 Å². The summed E-state index contributed by atoms with van der Waals surface area (Å²) >= 11 is 2.47. The van der Waals surface area contributed by atoms with Crippen LogP contribution in [0.2, 0.25) is 0 Å². The quantitative estimate of drug-likeness (QED) is 0.538. The molecule has 0 aromatic carbocycles. The van der Waals surface area contributed by atoms with Crippen LogP contribution in [0.1, 0.15) is 25.7 Å². The van der Waals surface area contributed by atoms with Gasteiger partial charge < -0.3 is 10.6 Å². The van der Waals surface area contributed by atoms with E-state index in [2.05, 4.69) is 40.7 Å². The molecule has 3 aliphatic rings. The van der Waals surface area contributed by atoms with Crippen LogP contribution in [0.15, 0.2) is 0 Å². The first-order chi connectivity index (χ1) is 10.7. The summed E-state index contributed by atoms with van der Waals surface area (Å²) in [6, 6.07) is 1.30. The molecular formula is C16H32IN5. The third-order valence-corrected chi connectivity index (χ3v) is 6.66. The lowest BCUT2D eigenvalue weighted by molar-refractivity contribution is 0.0681. The largest absolute Gasteiger partial charge is 0.328 e. The van der Waals surface area contributed by atoms with E-state index in [1.54, 1.807) is 0 Å². The van der Waals surface area contributed by atoms with Gasteiger partial charge in [-0.2, -0.15) is 0 Å². The van der Waals surface area contributed by atoms with E-state index < -0.39 is 0 Å². The molecule has 0 spiro atoms. The van der Waals surface area contributed by atoms with Crippen LogP contribution >= 0.6 is 22.9 Å². The van der Waals surface area contributed by atoms with E-state index in [9.17, 15) is 0 Å². The lowest BCUT2D eigenvalue weighted by atomic mass is 10.0. The molecule has 0 saturated carbocycles. The summed E-state index contributed by atoms with van der Waals surface area (Å²) in [6.45, 7) is 12.5. The SMILES string of the molecule is NC1CCN(CCN2CCN(C3CCN(I)CC3)CC2)CC1. The van der Waals surface area contributed by atoms with Crippen molar-refractivity contribution >= 4 is 22.9 Å². The minimum atomic E-state index is 0.453. The lowest BCUT2D eigenvalue weighted by Crippen LogP contribution is -2.53. The monoisotopic (exact) mass is 421 g/mol. The van der Waals surface area contributed by atoms with Crippen molar-refractivity contribution in [3.63, 3.8) is 0 Å². The minimum Gasteiger partial charge on any atom is -0.328 e. The number of rotatable bonds is 4. The minimum absolute atomic E-state index is 0.453. The van der Waals surface area contributed by atoms with E-state index in [1.807, 2.05) is 0 Å². The fourth-order valence-electron chi connectivity index (χ4n) is 4.01. The molecule has 0 aromatic rings. The first-order valence-electron chi connectivity index (χ1n) is 9.06. The summed E-state index contributed by atoms with van der Waals surface area (Å²) in [6.07, 6.45) is 5.08. The van der Waals surface area contributed by atoms with Gasteiger partial charge in [-0.05, 0) is 38.8 Å². The van der Waals surface area contributed by atoms with Crippen LogP contribution < -0.4 is 5.73 Å². The molecule has 5 nitrogen and oxygen atoms in total. The van der Waals surface area contributed by atoms with Crippen LogP contribution in [0, 0.1) is 0 Å². The zero-order valence-electron chi connectivity index (χ0n) is 13.8. The predicted molar refractivity (Wildman–Crippen MR) is 100 cm³/mol. The van der Waals surface area contributed by atoms with Gasteiger partial charge in [0, 0.05) is 87.3 Å². The highest BCUT2D eigenvalue weighted by Crippen LogP contribution is 2.20. The standard InChI is InChI=1S/C16H32IN5/c17-22-7-3-16(4-8-22)21-13-11-20(12-14-21)10-9-19-5-1-15(18)2-6-19/h15-16H,1-14,18H2. The predicted octanol–water partition coefficient (Wildman–Crippen LogP) is 0.842. The van der Waals surface area contributed by atoms with Gasteiger partial charge >= 0.3 is 0 Å². The van der Waals surface area contributed by atoms with Crippen molar-refractivity contribution in [2.45, 2.75) is 37.8 Å². The molecule has 3 fully saturated rings. The molecular weight excluding hydrogens is 389 g/mol. The molecule has 0 atom stereocenters. The molecule has 0 unspecified atom stereocenters. The zero-order chi connectivity index (χ0) is 15.4. The van der Waals surface area contributed by atoms with Gasteiger partial charge in [0.2, 0.25) is 0 Å². The number of nitrogens with zero attached hydrogens (tertiary/aromatic N) is 4. The van der Waals surface area contributed by atoms with Crippen molar-refractivity contribution < 1.29 is 0 Å². The first kappa shape index (κ1) is 17.4.